The predicted molar refractivity (Wildman–Crippen MR) is 116 cm³/mol. The molecule has 0 radical (unpaired) electrons. The van der Waals surface area contributed by atoms with Crippen LogP contribution < -0.4 is 0 Å². The summed E-state index contributed by atoms with van der Waals surface area (Å²) in [4.78, 5) is 4.74. The molecular formula is C25H24FN5O. The van der Waals surface area contributed by atoms with E-state index in [-0.39, 0.29) is 16.6 Å². The topological polar surface area (TPSA) is 69.1 Å². The molecule has 0 N–H and O–H groups in total. The molecule has 0 amide bonds. The zero-order valence-corrected chi connectivity index (χ0v) is 17.8. The van der Waals surface area contributed by atoms with Gasteiger partial charge in [-0.3, -0.25) is 4.40 Å². The van der Waals surface area contributed by atoms with Crippen LogP contribution in [0.25, 0.3) is 17.0 Å². The fourth-order valence-electron chi connectivity index (χ4n) is 6.01. The highest BCUT2D eigenvalue weighted by molar-refractivity contribution is 5.54. The molecule has 8 rings (SSSR count). The van der Waals surface area contributed by atoms with Gasteiger partial charge >= 0.3 is 0 Å². The van der Waals surface area contributed by atoms with Crippen molar-refractivity contribution in [2.75, 3.05) is 0 Å². The van der Waals surface area contributed by atoms with E-state index in [0.29, 0.717) is 11.7 Å². The lowest BCUT2D eigenvalue weighted by Crippen LogP contribution is -2.47. The average molecular weight is 429 g/mol. The lowest BCUT2D eigenvalue weighted by atomic mass is 9.53. The quantitative estimate of drug-likeness (QED) is 0.438. The van der Waals surface area contributed by atoms with E-state index in [2.05, 4.69) is 33.0 Å². The van der Waals surface area contributed by atoms with Gasteiger partial charge < -0.3 is 4.52 Å². The number of hydrogen-bond donors (Lipinski definition) is 0. The zero-order valence-electron chi connectivity index (χ0n) is 17.8. The first-order chi connectivity index (χ1) is 15.7. The standard InChI is InChI=1S/C25H24FN5O/c26-18-7-5-17(6-8-18)20-27-23(32-30-20)25-12-9-24(10-13-25,11-14-25)22-29-28-21-19(16-3-4-16)2-1-15-31(21)22/h1-2,5-8,15-16H,3-4,9-14H2. The van der Waals surface area contributed by atoms with Gasteiger partial charge in [0.05, 0.1) is 0 Å². The molecule has 3 heterocycles. The molecule has 3 aromatic heterocycles. The van der Waals surface area contributed by atoms with E-state index in [1.54, 1.807) is 12.1 Å². The molecule has 4 aliphatic rings. The van der Waals surface area contributed by atoms with E-state index in [1.165, 1.54) is 30.5 Å². The molecule has 32 heavy (non-hydrogen) atoms. The highest BCUT2D eigenvalue weighted by atomic mass is 19.1. The summed E-state index contributed by atoms with van der Waals surface area (Å²) >= 11 is 0. The first-order valence-corrected chi connectivity index (χ1v) is 11.6. The van der Waals surface area contributed by atoms with Crippen molar-refractivity contribution in [3.63, 3.8) is 0 Å². The molecule has 4 saturated carbocycles. The van der Waals surface area contributed by atoms with Crippen molar-refractivity contribution in [3.05, 3.63) is 65.7 Å². The maximum absolute atomic E-state index is 13.3. The molecule has 4 aliphatic carbocycles. The molecule has 162 valence electrons. The van der Waals surface area contributed by atoms with Crippen LogP contribution in [0.4, 0.5) is 4.39 Å². The monoisotopic (exact) mass is 429 g/mol. The third-order valence-corrected chi connectivity index (χ3v) is 8.18. The van der Waals surface area contributed by atoms with Crippen molar-refractivity contribution < 1.29 is 8.91 Å². The lowest BCUT2D eigenvalue weighted by molar-refractivity contribution is 0.0700. The van der Waals surface area contributed by atoms with E-state index in [0.717, 1.165) is 61.5 Å². The van der Waals surface area contributed by atoms with E-state index in [9.17, 15) is 4.39 Å². The Bertz CT molecular complexity index is 1300. The first-order valence-electron chi connectivity index (χ1n) is 11.6. The maximum atomic E-state index is 13.3. The van der Waals surface area contributed by atoms with Crippen molar-refractivity contribution in [2.45, 2.75) is 68.1 Å². The van der Waals surface area contributed by atoms with Crippen LogP contribution in [-0.2, 0) is 10.8 Å². The molecule has 4 aromatic rings. The third-order valence-electron chi connectivity index (χ3n) is 8.18. The largest absolute Gasteiger partial charge is 0.338 e. The van der Waals surface area contributed by atoms with Gasteiger partial charge in [-0.2, -0.15) is 4.98 Å². The minimum atomic E-state index is -0.266. The van der Waals surface area contributed by atoms with Gasteiger partial charge in [0, 0.05) is 28.2 Å². The summed E-state index contributed by atoms with van der Waals surface area (Å²) in [5.74, 6) is 2.78. The predicted octanol–water partition coefficient (Wildman–Crippen LogP) is 5.34. The van der Waals surface area contributed by atoms with Gasteiger partial charge in [0.25, 0.3) is 0 Å². The van der Waals surface area contributed by atoms with Crippen LogP contribution in [0.15, 0.2) is 47.1 Å². The van der Waals surface area contributed by atoms with Gasteiger partial charge in [0.1, 0.15) is 11.6 Å². The van der Waals surface area contributed by atoms with Gasteiger partial charge in [-0.15, -0.1) is 10.2 Å². The Morgan fingerprint density at radius 1 is 0.906 bits per heavy atom. The maximum Gasteiger partial charge on any atom is 0.233 e. The third kappa shape index (κ3) is 2.63. The Kier molecular flexibility index (Phi) is 3.73. The summed E-state index contributed by atoms with van der Waals surface area (Å²) in [6.45, 7) is 0. The van der Waals surface area contributed by atoms with E-state index >= 15 is 0 Å². The number of rotatable bonds is 4. The lowest BCUT2D eigenvalue weighted by Gasteiger charge is -2.50. The van der Waals surface area contributed by atoms with Crippen LogP contribution >= 0.6 is 0 Å². The van der Waals surface area contributed by atoms with Gasteiger partial charge in [-0.25, -0.2) is 4.39 Å². The van der Waals surface area contributed by atoms with Crippen molar-refractivity contribution in [2.24, 2.45) is 0 Å². The molecule has 0 aliphatic heterocycles. The summed E-state index contributed by atoms with van der Waals surface area (Å²) in [6, 6.07) is 10.6. The number of halogens is 1. The molecule has 0 saturated heterocycles. The number of fused-ring (bicyclic) bond motifs is 4. The summed E-state index contributed by atoms with van der Waals surface area (Å²) in [5.41, 5.74) is 3.18. The Balaban J connectivity index is 1.18. The van der Waals surface area contributed by atoms with E-state index in [4.69, 9.17) is 14.6 Å². The zero-order chi connectivity index (χ0) is 21.3. The second-order valence-corrected chi connectivity index (χ2v) is 9.95. The number of hydrogen-bond acceptors (Lipinski definition) is 5. The number of aromatic nitrogens is 5. The first kappa shape index (κ1) is 18.5. The second-order valence-electron chi connectivity index (χ2n) is 9.95. The van der Waals surface area contributed by atoms with Crippen LogP contribution in [0, 0.1) is 5.82 Å². The van der Waals surface area contributed by atoms with Crippen LogP contribution in [0.5, 0.6) is 0 Å². The Morgan fingerprint density at radius 3 is 2.34 bits per heavy atom. The summed E-state index contributed by atoms with van der Waals surface area (Å²) < 4.78 is 21.3. The van der Waals surface area contributed by atoms with Gasteiger partial charge in [0.2, 0.25) is 11.7 Å². The van der Waals surface area contributed by atoms with Crippen LogP contribution in [0.3, 0.4) is 0 Å². The summed E-state index contributed by atoms with van der Waals surface area (Å²) in [5, 5.41) is 13.6. The molecular weight excluding hydrogens is 405 g/mol. The molecule has 4 fully saturated rings. The van der Waals surface area contributed by atoms with Crippen molar-refractivity contribution in [1.82, 2.24) is 24.7 Å². The summed E-state index contributed by atoms with van der Waals surface area (Å²) in [7, 11) is 0. The Hall–Kier alpha value is -3.09. The second kappa shape index (κ2) is 6.47. The molecule has 0 unspecified atom stereocenters. The number of nitrogens with zero attached hydrogens (tertiary/aromatic N) is 5. The van der Waals surface area contributed by atoms with Gasteiger partial charge in [0.15, 0.2) is 5.65 Å². The highest BCUT2D eigenvalue weighted by Gasteiger charge is 2.54. The van der Waals surface area contributed by atoms with Crippen LogP contribution in [-0.4, -0.2) is 24.7 Å². The molecule has 0 spiro atoms. The summed E-state index contributed by atoms with van der Waals surface area (Å²) in [6.07, 6.45) is 10.8. The average Bonchev–Trinajstić information content (AvgIpc) is 3.38. The van der Waals surface area contributed by atoms with Crippen LogP contribution in [0.1, 0.15) is 74.6 Å². The number of pyridine rings is 1. The highest BCUT2D eigenvalue weighted by Crippen LogP contribution is 2.58. The van der Waals surface area contributed by atoms with Crippen molar-refractivity contribution in [1.29, 1.82) is 0 Å². The normalized spacial score (nSPS) is 27.3. The molecule has 1 aromatic carbocycles. The molecule has 7 heteroatoms. The Morgan fingerprint density at radius 2 is 1.62 bits per heavy atom. The molecule has 0 atom stereocenters. The van der Waals surface area contributed by atoms with E-state index in [1.807, 2.05) is 0 Å². The number of benzene rings is 1. The SMILES string of the molecule is Fc1ccc(-c2noc(C34CCC(c5nnc6c(C7CC7)cccn56)(CC3)CC4)n2)cc1. The Labute approximate surface area is 184 Å². The fraction of sp³-hybridized carbons (Fsp3) is 0.440. The van der Waals surface area contributed by atoms with Crippen LogP contribution in [0.2, 0.25) is 0 Å². The molecule has 2 bridgehead atoms. The minimum Gasteiger partial charge on any atom is -0.338 e. The fourth-order valence-corrected chi connectivity index (χ4v) is 6.01. The van der Waals surface area contributed by atoms with E-state index < -0.39 is 0 Å². The smallest absolute Gasteiger partial charge is 0.233 e. The van der Waals surface area contributed by atoms with Gasteiger partial charge in [-0.1, -0.05) is 11.2 Å². The minimum absolute atomic E-state index is 0.0628. The van der Waals surface area contributed by atoms with Gasteiger partial charge in [-0.05, 0) is 87.6 Å². The molecule has 6 nitrogen and oxygen atoms in total. The van der Waals surface area contributed by atoms with Crippen molar-refractivity contribution >= 4 is 5.65 Å². The van der Waals surface area contributed by atoms with Crippen molar-refractivity contribution in [3.8, 4) is 11.4 Å².